The lowest BCUT2D eigenvalue weighted by Crippen LogP contribution is -2.48. The van der Waals surface area contributed by atoms with E-state index < -0.39 is 28.9 Å². The second-order valence-electron chi connectivity index (χ2n) is 18.3. The summed E-state index contributed by atoms with van der Waals surface area (Å²) in [5, 5.41) is 17.3. The van der Waals surface area contributed by atoms with Crippen LogP contribution in [0.25, 0.3) is 32.0 Å². The van der Waals surface area contributed by atoms with Crippen molar-refractivity contribution in [2.24, 2.45) is 0 Å². The normalized spacial score (nSPS) is 15.5. The molecule has 2 aromatic heterocycles. The highest BCUT2D eigenvalue weighted by Gasteiger charge is 2.80. The van der Waals surface area contributed by atoms with Gasteiger partial charge in [-0.2, -0.15) is 26.3 Å². The number of halogens is 6. The molecule has 2 aromatic carbocycles. The van der Waals surface area contributed by atoms with Crippen molar-refractivity contribution in [3.05, 3.63) is 81.5 Å². The zero-order valence-electron chi connectivity index (χ0n) is 46.5. The molecular formula is C57H78F6O16S2. The number of ether oxygens (including phenoxy) is 14. The minimum atomic E-state index is -5.71. The standard InChI is InChI=1S/C57H78F6O16S2/c1-41(39-76-35-33-74-31-29-72-27-25-70-23-21-68-19-17-66-15-13-64)78-47-9-5-45(6-10-47)51-37-49(43(3)80-51)53-54(56(60,61)57(62,63)55(53,58)59)50-38-52(81-44(50)4)46-7-11-48(12-8-46)79-42(2)40-77-36-34-75-32-30-73-28-26-71-24-22-69-20-18-67-16-14-65/h5-12,37-38,41-42,64-65H,13-36,39-40H2,1-4H3/t41-,42-/m0/s1. The van der Waals surface area contributed by atoms with Crippen LogP contribution in [-0.4, -0.2) is 212 Å². The number of hydrogen-bond donors (Lipinski definition) is 2. The molecule has 1 aliphatic rings. The molecular weight excluding hydrogens is 1120 g/mol. The van der Waals surface area contributed by atoms with Crippen LogP contribution in [0.1, 0.15) is 34.7 Å². The van der Waals surface area contributed by atoms with Crippen molar-refractivity contribution in [3.63, 3.8) is 0 Å². The first kappa shape index (κ1) is 68.0. The number of aryl methyl sites for hydroxylation is 2. The van der Waals surface area contributed by atoms with E-state index in [1.54, 1.807) is 48.5 Å². The van der Waals surface area contributed by atoms with Crippen LogP contribution in [0.5, 0.6) is 11.5 Å². The molecule has 0 bridgehead atoms. The summed E-state index contributed by atoms with van der Waals surface area (Å²) in [6.07, 6.45) is -0.703. The Morgan fingerprint density at radius 1 is 0.383 bits per heavy atom. The first-order chi connectivity index (χ1) is 39.1. The van der Waals surface area contributed by atoms with Gasteiger partial charge in [-0.15, -0.1) is 22.7 Å². The van der Waals surface area contributed by atoms with Gasteiger partial charge in [0.05, 0.1) is 172 Å². The minimum Gasteiger partial charge on any atom is -0.488 e. The third-order valence-electron chi connectivity index (χ3n) is 11.9. The Labute approximate surface area is 478 Å². The number of rotatable bonds is 46. The Balaban J connectivity index is 1.05. The van der Waals surface area contributed by atoms with Crippen LogP contribution >= 0.6 is 22.7 Å². The molecule has 81 heavy (non-hydrogen) atoms. The molecule has 24 heteroatoms. The summed E-state index contributed by atoms with van der Waals surface area (Å²) in [7, 11) is 0. The van der Waals surface area contributed by atoms with Gasteiger partial charge in [-0.25, -0.2) is 0 Å². The van der Waals surface area contributed by atoms with Crippen molar-refractivity contribution >= 4 is 33.8 Å². The predicted molar refractivity (Wildman–Crippen MR) is 295 cm³/mol. The third-order valence-corrected chi connectivity index (χ3v) is 14.1. The van der Waals surface area contributed by atoms with Crippen molar-refractivity contribution in [2.75, 3.05) is 172 Å². The number of thiophene rings is 2. The van der Waals surface area contributed by atoms with Gasteiger partial charge in [-0.1, -0.05) is 0 Å². The lowest BCUT2D eigenvalue weighted by Gasteiger charge is -2.25. The summed E-state index contributed by atoms with van der Waals surface area (Å²) in [6, 6.07) is 15.9. The van der Waals surface area contributed by atoms with E-state index in [2.05, 4.69) is 0 Å². The van der Waals surface area contributed by atoms with Crippen LogP contribution in [0.3, 0.4) is 0 Å². The zero-order valence-corrected chi connectivity index (χ0v) is 48.1. The molecule has 456 valence electrons. The zero-order chi connectivity index (χ0) is 58.4. The average Bonchev–Trinajstić information content (AvgIpc) is 3.04. The average molecular weight is 1200 g/mol. The molecule has 0 saturated heterocycles. The topological polar surface area (TPSA) is 170 Å². The summed E-state index contributed by atoms with van der Waals surface area (Å²) >= 11 is 2.07. The molecule has 1 aliphatic carbocycles. The smallest absolute Gasteiger partial charge is 0.380 e. The number of allylic oxidation sites excluding steroid dienone is 2. The van der Waals surface area contributed by atoms with E-state index in [1.165, 1.54) is 26.0 Å². The molecule has 0 spiro atoms. The predicted octanol–water partition coefficient (Wildman–Crippen LogP) is 9.31. The molecule has 2 heterocycles. The molecule has 5 rings (SSSR count). The molecule has 4 aromatic rings. The molecule has 2 N–H and O–H groups in total. The van der Waals surface area contributed by atoms with Crippen molar-refractivity contribution in [1.29, 1.82) is 0 Å². The van der Waals surface area contributed by atoms with Gasteiger partial charge in [0.1, 0.15) is 23.7 Å². The number of hydrogen-bond acceptors (Lipinski definition) is 18. The van der Waals surface area contributed by atoms with Gasteiger partial charge in [0, 0.05) is 30.7 Å². The number of benzene rings is 2. The molecule has 0 radical (unpaired) electrons. The van der Waals surface area contributed by atoms with E-state index in [1.807, 2.05) is 13.8 Å². The van der Waals surface area contributed by atoms with Crippen molar-refractivity contribution in [2.45, 2.75) is 57.7 Å². The molecule has 0 amide bonds. The van der Waals surface area contributed by atoms with Gasteiger partial charge >= 0.3 is 17.8 Å². The largest absolute Gasteiger partial charge is 0.488 e. The molecule has 0 fully saturated rings. The van der Waals surface area contributed by atoms with Gasteiger partial charge < -0.3 is 76.5 Å². The highest BCUT2D eigenvalue weighted by molar-refractivity contribution is 7.16. The Morgan fingerprint density at radius 3 is 0.889 bits per heavy atom. The monoisotopic (exact) mass is 1200 g/mol. The maximum atomic E-state index is 16.0. The number of aliphatic hydroxyl groups excluding tert-OH is 2. The summed E-state index contributed by atoms with van der Waals surface area (Å²) < 4.78 is 172. The van der Waals surface area contributed by atoms with E-state index in [0.29, 0.717) is 165 Å². The Kier molecular flexibility index (Phi) is 30.9. The lowest BCUT2D eigenvalue weighted by atomic mass is 9.94. The van der Waals surface area contributed by atoms with E-state index in [4.69, 9.17) is 76.5 Å². The Morgan fingerprint density at radius 2 is 0.630 bits per heavy atom. The van der Waals surface area contributed by atoms with Gasteiger partial charge in [-0.05, 0) is 111 Å². The van der Waals surface area contributed by atoms with Crippen molar-refractivity contribution in [3.8, 4) is 32.4 Å². The first-order valence-corrected chi connectivity index (χ1v) is 28.5. The van der Waals surface area contributed by atoms with Crippen LogP contribution in [0.4, 0.5) is 26.3 Å². The lowest BCUT2D eigenvalue weighted by molar-refractivity contribution is -0.254. The van der Waals surface area contributed by atoms with Crippen LogP contribution in [0, 0.1) is 13.8 Å². The van der Waals surface area contributed by atoms with Gasteiger partial charge in [0.25, 0.3) is 0 Å². The van der Waals surface area contributed by atoms with Crippen molar-refractivity contribution in [1.82, 2.24) is 0 Å². The highest BCUT2D eigenvalue weighted by Crippen LogP contribution is 2.66. The number of aliphatic hydroxyl groups is 2. The molecule has 16 nitrogen and oxygen atoms in total. The maximum absolute atomic E-state index is 16.0. The molecule has 0 aliphatic heterocycles. The fourth-order valence-electron chi connectivity index (χ4n) is 7.93. The van der Waals surface area contributed by atoms with Crippen LogP contribution in [-0.2, 0) is 56.8 Å². The van der Waals surface area contributed by atoms with E-state index in [0.717, 1.165) is 22.7 Å². The Hall–Kier alpha value is -3.80. The van der Waals surface area contributed by atoms with Gasteiger partial charge in [-0.3, -0.25) is 0 Å². The molecule has 0 unspecified atom stereocenters. The minimum absolute atomic E-state index is 0.0186. The fraction of sp³-hybridized carbons (Fsp3) is 0.614. The first-order valence-electron chi connectivity index (χ1n) is 26.9. The van der Waals surface area contributed by atoms with Crippen LogP contribution in [0.2, 0.25) is 0 Å². The SMILES string of the molecule is Cc1sc(-c2ccc(O[C@@H](C)COCCOCCOCCOCCOCCOCCO)cc2)cc1C1=C(c2cc(-c3ccc(O[C@@H](C)COCCOCCOCCOCCOCCOCCO)cc3)sc2C)C(F)(F)C(F)(F)C1(F)F. The summed E-state index contributed by atoms with van der Waals surface area (Å²) in [5.41, 5.74) is -2.46. The van der Waals surface area contributed by atoms with Crippen molar-refractivity contribution < 1.29 is 103 Å². The van der Waals surface area contributed by atoms with E-state index >= 15 is 26.3 Å². The van der Waals surface area contributed by atoms with E-state index in [-0.39, 0.29) is 72.7 Å². The quantitative estimate of drug-likeness (QED) is 0.0317. The fourth-order valence-corrected chi connectivity index (χ4v) is 10.00. The van der Waals surface area contributed by atoms with Gasteiger partial charge in [0.15, 0.2) is 0 Å². The second-order valence-corrected chi connectivity index (χ2v) is 20.8. The third kappa shape index (κ3) is 22.0. The summed E-state index contributed by atoms with van der Waals surface area (Å²) in [4.78, 5) is 1.17. The van der Waals surface area contributed by atoms with Crippen LogP contribution < -0.4 is 9.47 Å². The highest BCUT2D eigenvalue weighted by atomic mass is 32.1. The maximum Gasteiger partial charge on any atom is 0.380 e. The molecule has 0 saturated carbocycles. The second kappa shape index (κ2) is 36.8. The van der Waals surface area contributed by atoms with Gasteiger partial charge in [0.2, 0.25) is 0 Å². The molecule has 2 atom stereocenters. The Bertz CT molecular complexity index is 2210. The summed E-state index contributed by atoms with van der Waals surface area (Å²) in [5.74, 6) is -15.2. The van der Waals surface area contributed by atoms with E-state index in [9.17, 15) is 0 Å². The summed E-state index contributed by atoms with van der Waals surface area (Å²) in [6.45, 7) is 15.6. The van der Waals surface area contributed by atoms with Crippen LogP contribution in [0.15, 0.2) is 60.7 Å². The number of alkyl halides is 6.